The van der Waals surface area contributed by atoms with Crippen LogP contribution in [-0.4, -0.2) is 32.9 Å². The number of pyridine rings is 1. The quantitative estimate of drug-likeness (QED) is 0.495. The van der Waals surface area contributed by atoms with Crippen molar-refractivity contribution in [3.63, 3.8) is 0 Å². The summed E-state index contributed by atoms with van der Waals surface area (Å²) < 4.78 is 0. The lowest BCUT2D eigenvalue weighted by atomic mass is 10.0. The van der Waals surface area contributed by atoms with Crippen molar-refractivity contribution < 1.29 is 19.6 Å². The molecule has 21 heavy (non-hydrogen) atoms. The molecule has 2 N–H and O–H groups in total. The summed E-state index contributed by atoms with van der Waals surface area (Å²) in [6.07, 6.45) is 2.58. The van der Waals surface area contributed by atoms with Crippen LogP contribution in [0.15, 0.2) is 12.3 Å². The molecule has 0 saturated heterocycles. The molecule has 0 aliphatic heterocycles. The maximum atomic E-state index is 12.2. The van der Waals surface area contributed by atoms with Crippen molar-refractivity contribution in [3.05, 3.63) is 33.1 Å². The van der Waals surface area contributed by atoms with Crippen LogP contribution in [0.4, 0.5) is 5.69 Å². The zero-order valence-corrected chi connectivity index (χ0v) is 11.5. The number of aromatic nitrogens is 1. The Kier molecular flexibility index (Phi) is 4.37. The molecule has 0 aromatic carbocycles. The molecule has 1 saturated carbocycles. The third kappa shape index (κ3) is 3.27. The standard InChI is InChI=1S/C12H12ClN3O5/c13-10-4-7(9(5-14-10)16(20)21)11(17)15-8-3-1-2-6(8)12(18)19/h4-6,8H,1-3H2,(H,15,17)(H,18,19). The van der Waals surface area contributed by atoms with Crippen molar-refractivity contribution in [1.29, 1.82) is 0 Å². The lowest BCUT2D eigenvalue weighted by Crippen LogP contribution is -2.40. The molecule has 2 atom stereocenters. The molecule has 1 aromatic rings. The number of carboxylic acid groups (broad SMARTS) is 1. The number of amides is 1. The Labute approximate surface area is 124 Å². The highest BCUT2D eigenvalue weighted by molar-refractivity contribution is 6.29. The molecule has 1 aliphatic carbocycles. The van der Waals surface area contributed by atoms with Crippen LogP contribution in [0.1, 0.15) is 29.6 Å². The molecule has 112 valence electrons. The van der Waals surface area contributed by atoms with Crippen LogP contribution in [0.5, 0.6) is 0 Å². The van der Waals surface area contributed by atoms with Crippen LogP contribution in [0.3, 0.4) is 0 Å². The van der Waals surface area contributed by atoms with Crippen molar-refractivity contribution >= 4 is 29.2 Å². The van der Waals surface area contributed by atoms with Crippen molar-refractivity contribution in [2.75, 3.05) is 0 Å². The molecule has 1 fully saturated rings. The average molecular weight is 314 g/mol. The number of rotatable bonds is 4. The Hall–Kier alpha value is -2.22. The van der Waals surface area contributed by atoms with E-state index < -0.39 is 34.4 Å². The van der Waals surface area contributed by atoms with Gasteiger partial charge in [0.25, 0.3) is 11.6 Å². The number of nitrogens with one attached hydrogen (secondary N) is 1. The van der Waals surface area contributed by atoms with Crippen LogP contribution >= 0.6 is 11.6 Å². The van der Waals surface area contributed by atoms with Gasteiger partial charge in [-0.2, -0.15) is 0 Å². The topological polar surface area (TPSA) is 122 Å². The Balaban J connectivity index is 2.22. The van der Waals surface area contributed by atoms with Gasteiger partial charge in [0.05, 0.1) is 10.8 Å². The van der Waals surface area contributed by atoms with Crippen LogP contribution in [0, 0.1) is 16.0 Å². The summed E-state index contributed by atoms with van der Waals surface area (Å²) in [6, 6.07) is 0.557. The fraction of sp³-hybridized carbons (Fsp3) is 0.417. The smallest absolute Gasteiger partial charge is 0.308 e. The van der Waals surface area contributed by atoms with E-state index in [1.54, 1.807) is 0 Å². The van der Waals surface area contributed by atoms with E-state index in [2.05, 4.69) is 10.3 Å². The first-order valence-electron chi connectivity index (χ1n) is 6.23. The largest absolute Gasteiger partial charge is 0.481 e. The summed E-state index contributed by atoms with van der Waals surface area (Å²) >= 11 is 5.65. The molecule has 1 aromatic heterocycles. The highest BCUT2D eigenvalue weighted by Crippen LogP contribution is 2.27. The van der Waals surface area contributed by atoms with E-state index in [9.17, 15) is 19.7 Å². The SMILES string of the molecule is O=C(NC1CCCC1C(=O)O)c1cc(Cl)ncc1[N+](=O)[O-]. The van der Waals surface area contributed by atoms with Crippen LogP contribution in [0.2, 0.25) is 5.15 Å². The minimum Gasteiger partial charge on any atom is -0.481 e. The van der Waals surface area contributed by atoms with Gasteiger partial charge in [-0.3, -0.25) is 19.7 Å². The summed E-state index contributed by atoms with van der Waals surface area (Å²) in [6.45, 7) is 0. The van der Waals surface area contributed by atoms with E-state index in [4.69, 9.17) is 16.7 Å². The number of halogens is 1. The highest BCUT2D eigenvalue weighted by Gasteiger charge is 2.35. The first kappa shape index (κ1) is 15.2. The first-order chi connectivity index (χ1) is 9.90. The fourth-order valence-corrected chi connectivity index (χ4v) is 2.58. The van der Waals surface area contributed by atoms with Gasteiger partial charge in [-0.15, -0.1) is 0 Å². The number of nitrogens with zero attached hydrogens (tertiary/aromatic N) is 2. The third-order valence-electron chi connectivity index (χ3n) is 3.44. The zero-order valence-electron chi connectivity index (χ0n) is 10.8. The van der Waals surface area contributed by atoms with Gasteiger partial charge in [0.15, 0.2) is 0 Å². The predicted octanol–water partition coefficient (Wildman–Crippen LogP) is 1.63. The van der Waals surface area contributed by atoms with Gasteiger partial charge in [-0.1, -0.05) is 18.0 Å². The number of hydrogen-bond acceptors (Lipinski definition) is 5. The molecule has 2 rings (SSSR count). The van der Waals surface area contributed by atoms with Gasteiger partial charge in [0.2, 0.25) is 0 Å². The van der Waals surface area contributed by atoms with Gasteiger partial charge in [-0.05, 0) is 18.9 Å². The summed E-state index contributed by atoms with van der Waals surface area (Å²) in [5.41, 5.74) is -0.696. The van der Waals surface area contributed by atoms with E-state index in [0.29, 0.717) is 19.3 Å². The number of aliphatic carboxylic acids is 1. The molecule has 1 heterocycles. The van der Waals surface area contributed by atoms with E-state index in [1.807, 2.05) is 0 Å². The van der Waals surface area contributed by atoms with Crippen molar-refractivity contribution in [2.24, 2.45) is 5.92 Å². The summed E-state index contributed by atoms with van der Waals surface area (Å²) in [7, 11) is 0. The second-order valence-electron chi connectivity index (χ2n) is 4.74. The summed E-state index contributed by atoms with van der Waals surface area (Å²) in [4.78, 5) is 36.9. The number of hydrogen-bond donors (Lipinski definition) is 2. The molecule has 2 unspecified atom stereocenters. The highest BCUT2D eigenvalue weighted by atomic mass is 35.5. The van der Waals surface area contributed by atoms with Gasteiger partial charge in [-0.25, -0.2) is 4.98 Å². The van der Waals surface area contributed by atoms with Crippen LogP contribution < -0.4 is 5.32 Å². The molecule has 1 amide bonds. The minimum atomic E-state index is -0.986. The lowest BCUT2D eigenvalue weighted by molar-refractivity contribution is -0.385. The number of carbonyl (C=O) groups excluding carboxylic acids is 1. The molecule has 0 bridgehead atoms. The number of carbonyl (C=O) groups is 2. The second kappa shape index (κ2) is 6.04. The third-order valence-corrected chi connectivity index (χ3v) is 3.65. The minimum absolute atomic E-state index is 0.0491. The Morgan fingerprint density at radius 1 is 1.48 bits per heavy atom. The Bertz CT molecular complexity index is 607. The maximum Gasteiger partial charge on any atom is 0.308 e. The molecule has 9 heteroatoms. The van der Waals surface area contributed by atoms with E-state index in [0.717, 1.165) is 12.3 Å². The fourth-order valence-electron chi connectivity index (χ4n) is 2.42. The lowest BCUT2D eigenvalue weighted by Gasteiger charge is -2.17. The molecular weight excluding hydrogens is 302 g/mol. The van der Waals surface area contributed by atoms with Crippen molar-refractivity contribution in [2.45, 2.75) is 25.3 Å². The number of nitro groups is 1. The van der Waals surface area contributed by atoms with Gasteiger partial charge in [0, 0.05) is 6.04 Å². The van der Waals surface area contributed by atoms with Crippen molar-refractivity contribution in [1.82, 2.24) is 10.3 Å². The molecular formula is C12H12ClN3O5. The average Bonchev–Trinajstić information content (AvgIpc) is 2.86. The van der Waals surface area contributed by atoms with Gasteiger partial charge in [0.1, 0.15) is 16.9 Å². The molecule has 0 radical (unpaired) electrons. The maximum absolute atomic E-state index is 12.2. The van der Waals surface area contributed by atoms with Crippen molar-refractivity contribution in [3.8, 4) is 0 Å². The normalized spacial score (nSPS) is 21.0. The van der Waals surface area contributed by atoms with Gasteiger partial charge < -0.3 is 10.4 Å². The summed E-state index contributed by atoms with van der Waals surface area (Å²) in [5.74, 6) is -2.38. The van der Waals surface area contributed by atoms with Crippen LogP contribution in [0.25, 0.3) is 0 Å². The molecule has 0 spiro atoms. The Morgan fingerprint density at radius 2 is 2.19 bits per heavy atom. The summed E-state index contributed by atoms with van der Waals surface area (Å²) in [5, 5.41) is 22.4. The zero-order chi connectivity index (χ0) is 15.6. The molecule has 8 nitrogen and oxygen atoms in total. The van der Waals surface area contributed by atoms with E-state index in [-0.39, 0.29) is 10.7 Å². The monoisotopic (exact) mass is 313 g/mol. The van der Waals surface area contributed by atoms with Gasteiger partial charge >= 0.3 is 5.97 Å². The number of carboxylic acids is 1. The van der Waals surface area contributed by atoms with Crippen LogP contribution in [-0.2, 0) is 4.79 Å². The molecule has 1 aliphatic rings. The second-order valence-corrected chi connectivity index (χ2v) is 5.12. The first-order valence-corrected chi connectivity index (χ1v) is 6.61. The van der Waals surface area contributed by atoms with E-state index >= 15 is 0 Å². The van der Waals surface area contributed by atoms with E-state index in [1.165, 1.54) is 0 Å². The Morgan fingerprint density at radius 3 is 2.81 bits per heavy atom. The predicted molar refractivity (Wildman–Crippen MR) is 72.1 cm³/mol.